The molecule has 0 aromatic rings. The molecule has 1 atom stereocenters. The minimum atomic E-state index is -0.188. The SMILES string of the molecule is O=C(NCCCO)C1CC(=O)N(C2CC2)C1. The van der Waals surface area contributed by atoms with Gasteiger partial charge in [0.25, 0.3) is 0 Å². The summed E-state index contributed by atoms with van der Waals surface area (Å²) in [7, 11) is 0. The predicted octanol–water partition coefficient (Wildman–Crippen LogP) is -0.504. The van der Waals surface area contributed by atoms with Crippen LogP contribution in [0, 0.1) is 5.92 Å². The van der Waals surface area contributed by atoms with Crippen LogP contribution in [0.25, 0.3) is 0 Å². The molecule has 0 radical (unpaired) electrons. The Hall–Kier alpha value is -1.10. The van der Waals surface area contributed by atoms with Crippen LogP contribution in [0.2, 0.25) is 0 Å². The first-order valence-electron chi connectivity index (χ1n) is 5.90. The molecule has 0 aromatic carbocycles. The van der Waals surface area contributed by atoms with Gasteiger partial charge >= 0.3 is 0 Å². The number of carbonyl (C=O) groups is 2. The molecule has 5 nitrogen and oxygen atoms in total. The molecule has 0 aromatic heterocycles. The van der Waals surface area contributed by atoms with Crippen molar-refractivity contribution in [1.82, 2.24) is 10.2 Å². The Kier molecular flexibility index (Phi) is 3.43. The molecular formula is C11H18N2O3. The van der Waals surface area contributed by atoms with Crippen LogP contribution in [0.4, 0.5) is 0 Å². The van der Waals surface area contributed by atoms with Crippen LogP contribution in [-0.2, 0) is 9.59 Å². The van der Waals surface area contributed by atoms with E-state index in [0.717, 1.165) is 12.8 Å². The van der Waals surface area contributed by atoms with Crippen LogP contribution in [0.15, 0.2) is 0 Å². The Labute approximate surface area is 94.8 Å². The highest BCUT2D eigenvalue weighted by Crippen LogP contribution is 2.32. The lowest BCUT2D eigenvalue weighted by Crippen LogP contribution is -2.34. The van der Waals surface area contributed by atoms with Crippen LogP contribution >= 0.6 is 0 Å². The minimum Gasteiger partial charge on any atom is -0.396 e. The van der Waals surface area contributed by atoms with E-state index < -0.39 is 0 Å². The highest BCUT2D eigenvalue weighted by atomic mass is 16.3. The fraction of sp³-hybridized carbons (Fsp3) is 0.818. The number of aliphatic hydroxyl groups is 1. The van der Waals surface area contributed by atoms with E-state index in [1.54, 1.807) is 0 Å². The van der Waals surface area contributed by atoms with E-state index in [1.165, 1.54) is 0 Å². The zero-order valence-electron chi connectivity index (χ0n) is 9.32. The number of nitrogens with zero attached hydrogens (tertiary/aromatic N) is 1. The molecule has 16 heavy (non-hydrogen) atoms. The summed E-state index contributed by atoms with van der Waals surface area (Å²) in [5.74, 6) is -0.124. The Balaban J connectivity index is 1.77. The van der Waals surface area contributed by atoms with Crippen molar-refractivity contribution in [1.29, 1.82) is 0 Å². The van der Waals surface area contributed by atoms with Crippen LogP contribution in [0.5, 0.6) is 0 Å². The molecule has 2 fully saturated rings. The lowest BCUT2D eigenvalue weighted by atomic mass is 10.1. The maximum atomic E-state index is 11.7. The van der Waals surface area contributed by atoms with E-state index >= 15 is 0 Å². The number of hydrogen-bond acceptors (Lipinski definition) is 3. The van der Waals surface area contributed by atoms with Gasteiger partial charge in [0.2, 0.25) is 11.8 Å². The van der Waals surface area contributed by atoms with Gasteiger partial charge in [-0.2, -0.15) is 0 Å². The van der Waals surface area contributed by atoms with Crippen LogP contribution in [0.1, 0.15) is 25.7 Å². The van der Waals surface area contributed by atoms with Gasteiger partial charge in [-0.15, -0.1) is 0 Å². The molecule has 2 aliphatic rings. The fourth-order valence-corrected chi connectivity index (χ4v) is 2.08. The highest BCUT2D eigenvalue weighted by molar-refractivity contribution is 5.89. The van der Waals surface area contributed by atoms with E-state index in [4.69, 9.17) is 5.11 Å². The van der Waals surface area contributed by atoms with Gasteiger partial charge in [-0.1, -0.05) is 0 Å². The molecule has 1 aliphatic heterocycles. The van der Waals surface area contributed by atoms with Crippen molar-refractivity contribution in [2.45, 2.75) is 31.7 Å². The van der Waals surface area contributed by atoms with E-state index in [0.29, 0.717) is 32.0 Å². The first-order valence-corrected chi connectivity index (χ1v) is 5.90. The fourth-order valence-electron chi connectivity index (χ4n) is 2.08. The molecule has 1 saturated carbocycles. The van der Waals surface area contributed by atoms with Crippen LogP contribution in [-0.4, -0.2) is 47.6 Å². The third-order valence-corrected chi connectivity index (χ3v) is 3.15. The molecule has 1 unspecified atom stereocenters. The number of aliphatic hydroxyl groups excluding tert-OH is 1. The first kappa shape index (κ1) is 11.4. The largest absolute Gasteiger partial charge is 0.396 e. The highest BCUT2D eigenvalue weighted by Gasteiger charge is 2.41. The summed E-state index contributed by atoms with van der Waals surface area (Å²) < 4.78 is 0. The summed E-state index contributed by atoms with van der Waals surface area (Å²) in [6.45, 7) is 1.15. The van der Waals surface area contributed by atoms with Gasteiger partial charge in [-0.25, -0.2) is 0 Å². The van der Waals surface area contributed by atoms with E-state index in [9.17, 15) is 9.59 Å². The summed E-state index contributed by atoms with van der Waals surface area (Å²) in [5.41, 5.74) is 0. The number of rotatable bonds is 5. The van der Waals surface area contributed by atoms with Gasteiger partial charge in [0.1, 0.15) is 0 Å². The van der Waals surface area contributed by atoms with Gasteiger partial charge < -0.3 is 15.3 Å². The van der Waals surface area contributed by atoms with Gasteiger partial charge in [-0.05, 0) is 19.3 Å². The standard InChI is InChI=1S/C11H18N2O3/c14-5-1-4-12-11(16)8-6-10(15)13(7-8)9-2-3-9/h8-9,14H,1-7H2,(H,12,16). The van der Waals surface area contributed by atoms with Crippen molar-refractivity contribution in [2.75, 3.05) is 19.7 Å². The second kappa shape index (κ2) is 4.82. The molecule has 0 bridgehead atoms. The third-order valence-electron chi connectivity index (χ3n) is 3.15. The molecule has 1 heterocycles. The van der Waals surface area contributed by atoms with Gasteiger partial charge in [0.15, 0.2) is 0 Å². The van der Waals surface area contributed by atoms with Gasteiger partial charge in [0, 0.05) is 32.2 Å². The smallest absolute Gasteiger partial charge is 0.225 e. The molecule has 0 spiro atoms. The number of amides is 2. The zero-order valence-corrected chi connectivity index (χ0v) is 9.32. The molecule has 2 rings (SSSR count). The van der Waals surface area contributed by atoms with Gasteiger partial charge in [0.05, 0.1) is 5.92 Å². The van der Waals surface area contributed by atoms with E-state index in [2.05, 4.69) is 5.32 Å². The number of hydrogen-bond donors (Lipinski definition) is 2. The quantitative estimate of drug-likeness (QED) is 0.621. The summed E-state index contributed by atoms with van der Waals surface area (Å²) >= 11 is 0. The predicted molar refractivity (Wildman–Crippen MR) is 57.6 cm³/mol. The summed E-state index contributed by atoms with van der Waals surface area (Å²) in [6, 6.07) is 0.405. The van der Waals surface area contributed by atoms with Crippen molar-refractivity contribution in [3.63, 3.8) is 0 Å². The Morgan fingerprint density at radius 2 is 2.25 bits per heavy atom. The van der Waals surface area contributed by atoms with Crippen LogP contribution < -0.4 is 5.32 Å². The molecule has 90 valence electrons. The Morgan fingerprint density at radius 3 is 2.88 bits per heavy atom. The van der Waals surface area contributed by atoms with Gasteiger partial charge in [-0.3, -0.25) is 9.59 Å². The summed E-state index contributed by atoms with van der Waals surface area (Å²) in [5, 5.41) is 11.3. The van der Waals surface area contributed by atoms with E-state index in [-0.39, 0.29) is 24.3 Å². The second-order valence-electron chi connectivity index (χ2n) is 4.55. The summed E-state index contributed by atoms with van der Waals surface area (Å²) in [6.07, 6.45) is 3.09. The monoisotopic (exact) mass is 226 g/mol. The topological polar surface area (TPSA) is 69.6 Å². The second-order valence-corrected chi connectivity index (χ2v) is 4.55. The van der Waals surface area contributed by atoms with Crippen molar-refractivity contribution in [2.24, 2.45) is 5.92 Å². The maximum absolute atomic E-state index is 11.7. The molecular weight excluding hydrogens is 208 g/mol. The molecule has 2 amide bonds. The lowest BCUT2D eigenvalue weighted by molar-refractivity contribution is -0.129. The Bertz CT molecular complexity index is 289. The van der Waals surface area contributed by atoms with E-state index in [1.807, 2.05) is 4.90 Å². The molecule has 1 saturated heterocycles. The minimum absolute atomic E-state index is 0.0510. The third kappa shape index (κ3) is 2.52. The van der Waals surface area contributed by atoms with Crippen molar-refractivity contribution in [3.05, 3.63) is 0 Å². The molecule has 5 heteroatoms. The molecule has 2 N–H and O–H groups in total. The van der Waals surface area contributed by atoms with Crippen molar-refractivity contribution in [3.8, 4) is 0 Å². The summed E-state index contributed by atoms with van der Waals surface area (Å²) in [4.78, 5) is 25.1. The number of likely N-dealkylation sites (tertiary alicyclic amines) is 1. The zero-order chi connectivity index (χ0) is 11.5. The average molecular weight is 226 g/mol. The average Bonchev–Trinajstić information content (AvgIpc) is 3.02. The van der Waals surface area contributed by atoms with Crippen LogP contribution in [0.3, 0.4) is 0 Å². The van der Waals surface area contributed by atoms with Crippen molar-refractivity contribution < 1.29 is 14.7 Å². The molecule has 1 aliphatic carbocycles. The normalized spacial score (nSPS) is 24.9. The van der Waals surface area contributed by atoms with Crippen molar-refractivity contribution >= 4 is 11.8 Å². The lowest BCUT2D eigenvalue weighted by Gasteiger charge is -2.15. The Morgan fingerprint density at radius 1 is 1.50 bits per heavy atom. The maximum Gasteiger partial charge on any atom is 0.225 e. The number of carbonyl (C=O) groups excluding carboxylic acids is 2. The number of nitrogens with one attached hydrogen (secondary N) is 1. The first-order chi connectivity index (χ1) is 7.72.